The number of aromatic nitrogens is 2. The van der Waals surface area contributed by atoms with E-state index in [0.29, 0.717) is 5.02 Å². The number of halogens is 1. The molecule has 0 saturated carbocycles. The van der Waals surface area contributed by atoms with Gasteiger partial charge in [-0.05, 0) is 25.0 Å². The fourth-order valence-corrected chi connectivity index (χ4v) is 2.81. The van der Waals surface area contributed by atoms with Crippen LogP contribution in [-0.2, 0) is 4.79 Å². The number of aliphatic carboxylic acids is 1. The molecule has 0 atom stereocenters. The van der Waals surface area contributed by atoms with E-state index >= 15 is 0 Å². The Morgan fingerprint density at radius 2 is 2.25 bits per heavy atom. The van der Waals surface area contributed by atoms with E-state index in [1.54, 1.807) is 0 Å². The van der Waals surface area contributed by atoms with Gasteiger partial charge in [0.05, 0.1) is 29.0 Å². The van der Waals surface area contributed by atoms with Gasteiger partial charge in [-0.25, -0.2) is 0 Å². The Labute approximate surface area is 149 Å². The second kappa shape index (κ2) is 9.39. The second-order valence-electron chi connectivity index (χ2n) is 5.17. The van der Waals surface area contributed by atoms with Crippen molar-refractivity contribution in [3.63, 3.8) is 0 Å². The lowest BCUT2D eigenvalue weighted by molar-refractivity contribution is -0.305. The van der Waals surface area contributed by atoms with Crippen molar-refractivity contribution in [2.75, 3.05) is 18.4 Å². The number of carbonyl (C=O) groups excluding carboxylic acids is 1. The fraction of sp³-hybridized carbons (Fsp3) is 0.467. The highest BCUT2D eigenvalue weighted by molar-refractivity contribution is 7.00. The van der Waals surface area contributed by atoms with Crippen molar-refractivity contribution in [1.29, 1.82) is 0 Å². The lowest BCUT2D eigenvalue weighted by atomic mass is 10.2. The summed E-state index contributed by atoms with van der Waals surface area (Å²) in [7, 11) is 0. The summed E-state index contributed by atoms with van der Waals surface area (Å²) < 4.78 is 8.39. The minimum Gasteiger partial charge on any atom is -0.550 e. The molecule has 0 fully saturated rings. The van der Waals surface area contributed by atoms with Gasteiger partial charge in [-0.2, -0.15) is 8.75 Å². The Morgan fingerprint density at radius 1 is 1.42 bits per heavy atom. The summed E-state index contributed by atoms with van der Waals surface area (Å²) in [4.78, 5) is 14.0. The van der Waals surface area contributed by atoms with E-state index in [9.17, 15) is 9.90 Å². The number of aliphatic imine (C=N–C) groups is 1. The predicted molar refractivity (Wildman–Crippen MR) is 95.5 cm³/mol. The molecule has 0 aliphatic carbocycles. The normalized spacial score (nSPS) is 13.0. The third-order valence-electron chi connectivity index (χ3n) is 3.28. The van der Waals surface area contributed by atoms with Gasteiger partial charge in [0.1, 0.15) is 11.0 Å². The highest BCUT2D eigenvalue weighted by atomic mass is 35.5. The van der Waals surface area contributed by atoms with Crippen molar-refractivity contribution in [3.8, 4) is 0 Å². The van der Waals surface area contributed by atoms with Gasteiger partial charge in [0.25, 0.3) is 0 Å². The standard InChI is InChI=1S/C9H8ClN5S.C6H12O2/c10-5-1-2-6-8(15-16-14-6)7(5)13-9-11-3-4-12-9;1-2-3-4-5-6(7)8/h1-2H,3-4H2,(H2,11,12,13);2-5H2,1H3,(H,7,8)/p-1. The number of guanidine groups is 1. The van der Waals surface area contributed by atoms with Gasteiger partial charge in [-0.15, -0.1) is 0 Å². The van der Waals surface area contributed by atoms with Gasteiger partial charge in [0.2, 0.25) is 0 Å². The first kappa shape index (κ1) is 18.4. The Balaban J connectivity index is 0.000000224. The van der Waals surface area contributed by atoms with E-state index in [1.807, 2.05) is 19.1 Å². The number of hydrogen-bond donors (Lipinski definition) is 2. The van der Waals surface area contributed by atoms with Crippen LogP contribution in [0, 0.1) is 0 Å². The second-order valence-corrected chi connectivity index (χ2v) is 6.10. The van der Waals surface area contributed by atoms with Gasteiger partial charge in [-0.1, -0.05) is 31.4 Å². The minimum absolute atomic E-state index is 0.216. The number of unbranched alkanes of at least 4 members (excludes halogenated alkanes) is 2. The maximum absolute atomic E-state index is 9.76. The molecule has 24 heavy (non-hydrogen) atoms. The molecule has 2 N–H and O–H groups in total. The number of nitrogens with one attached hydrogen (secondary N) is 2. The van der Waals surface area contributed by atoms with Crippen LogP contribution in [0.25, 0.3) is 11.0 Å². The highest BCUT2D eigenvalue weighted by Gasteiger charge is 2.13. The molecule has 0 spiro atoms. The predicted octanol–water partition coefficient (Wildman–Crippen LogP) is 2.03. The smallest absolute Gasteiger partial charge is 0.196 e. The molecule has 0 radical (unpaired) electrons. The van der Waals surface area contributed by atoms with Crippen LogP contribution in [0.5, 0.6) is 0 Å². The van der Waals surface area contributed by atoms with Crippen molar-refractivity contribution in [3.05, 3.63) is 17.2 Å². The fourth-order valence-electron chi connectivity index (χ4n) is 2.07. The quantitative estimate of drug-likeness (QED) is 0.783. The van der Waals surface area contributed by atoms with E-state index < -0.39 is 5.97 Å². The third kappa shape index (κ3) is 5.31. The molecule has 9 heteroatoms. The molecule has 1 aliphatic heterocycles. The lowest BCUT2D eigenvalue weighted by Gasteiger charge is -2.08. The lowest BCUT2D eigenvalue weighted by Crippen LogP contribution is -2.26. The molecule has 0 amide bonds. The summed E-state index contributed by atoms with van der Waals surface area (Å²) in [5.41, 5.74) is 2.39. The van der Waals surface area contributed by atoms with Crippen LogP contribution in [0.1, 0.15) is 32.6 Å². The minimum atomic E-state index is -0.932. The molecule has 2 aromatic rings. The van der Waals surface area contributed by atoms with Crippen molar-refractivity contribution >= 4 is 52.0 Å². The van der Waals surface area contributed by atoms with Crippen LogP contribution in [0.2, 0.25) is 5.02 Å². The summed E-state index contributed by atoms with van der Waals surface area (Å²) in [6.07, 6.45) is 3.04. The largest absolute Gasteiger partial charge is 0.550 e. The molecule has 1 aromatic carbocycles. The van der Waals surface area contributed by atoms with Crippen LogP contribution >= 0.6 is 23.3 Å². The first-order chi connectivity index (χ1) is 11.6. The number of carboxylic acid groups (broad SMARTS) is 1. The molecule has 0 unspecified atom stereocenters. The number of hydrogen-bond acceptors (Lipinski definition) is 8. The zero-order chi connectivity index (χ0) is 17.4. The number of rotatable bonds is 5. The maximum Gasteiger partial charge on any atom is 0.196 e. The van der Waals surface area contributed by atoms with Crippen LogP contribution in [-0.4, -0.2) is 33.8 Å². The van der Waals surface area contributed by atoms with Crippen LogP contribution in [0.4, 0.5) is 5.69 Å². The average molecular weight is 369 g/mol. The number of carbonyl (C=O) groups is 1. The Kier molecular flexibility index (Phi) is 7.20. The van der Waals surface area contributed by atoms with Crippen molar-refractivity contribution in [2.45, 2.75) is 32.6 Å². The topological polar surface area (TPSA) is 102 Å². The first-order valence-electron chi connectivity index (χ1n) is 7.77. The molecular formula is C15H19ClN5O2S-. The van der Waals surface area contributed by atoms with E-state index in [-0.39, 0.29) is 6.42 Å². The molecule has 3 rings (SSSR count). The zero-order valence-corrected chi connectivity index (χ0v) is 14.9. The monoisotopic (exact) mass is 368 g/mol. The van der Waals surface area contributed by atoms with Crippen molar-refractivity contribution in [1.82, 2.24) is 14.1 Å². The molecule has 7 nitrogen and oxygen atoms in total. The third-order valence-corrected chi connectivity index (χ3v) is 4.14. The van der Waals surface area contributed by atoms with E-state index in [2.05, 4.69) is 24.4 Å². The number of fused-ring (bicyclic) bond motifs is 1. The summed E-state index contributed by atoms with van der Waals surface area (Å²) in [5.74, 6) is -0.194. The number of benzene rings is 1. The maximum atomic E-state index is 9.76. The molecule has 1 aromatic heterocycles. The molecule has 130 valence electrons. The van der Waals surface area contributed by atoms with Crippen molar-refractivity contribution < 1.29 is 9.90 Å². The zero-order valence-electron chi connectivity index (χ0n) is 13.3. The van der Waals surface area contributed by atoms with Gasteiger partial charge >= 0.3 is 0 Å². The SMILES string of the molecule is CCCCCC(=O)[O-].Clc1ccc2nsnc2c1NC1=NCCN1. The van der Waals surface area contributed by atoms with Gasteiger partial charge in [0, 0.05) is 12.5 Å². The van der Waals surface area contributed by atoms with Gasteiger partial charge in [0.15, 0.2) is 5.96 Å². The summed E-state index contributed by atoms with van der Waals surface area (Å²) in [6.45, 7) is 3.67. The number of carboxylic acids is 1. The first-order valence-corrected chi connectivity index (χ1v) is 8.88. The average Bonchev–Trinajstić information content (AvgIpc) is 3.22. The van der Waals surface area contributed by atoms with Gasteiger partial charge < -0.3 is 20.5 Å². The molecule has 0 bridgehead atoms. The summed E-state index contributed by atoms with van der Waals surface area (Å²) in [6, 6.07) is 3.67. The number of anilines is 1. The summed E-state index contributed by atoms with van der Waals surface area (Å²) in [5, 5.41) is 16.7. The van der Waals surface area contributed by atoms with E-state index in [1.165, 1.54) is 11.7 Å². The van der Waals surface area contributed by atoms with Gasteiger partial charge in [-0.3, -0.25) is 4.99 Å². The molecule has 1 aliphatic rings. The van der Waals surface area contributed by atoms with E-state index in [0.717, 1.165) is 55.0 Å². The molecule has 0 saturated heterocycles. The molecular weight excluding hydrogens is 350 g/mol. The number of nitrogens with zero attached hydrogens (tertiary/aromatic N) is 3. The van der Waals surface area contributed by atoms with E-state index in [4.69, 9.17) is 11.6 Å². The molecule has 2 heterocycles. The summed E-state index contributed by atoms with van der Waals surface area (Å²) >= 11 is 7.30. The Hall–Kier alpha value is -1.93. The van der Waals surface area contributed by atoms with Crippen molar-refractivity contribution in [2.24, 2.45) is 4.99 Å². The van der Waals surface area contributed by atoms with Crippen LogP contribution in [0.15, 0.2) is 17.1 Å². The highest BCUT2D eigenvalue weighted by Crippen LogP contribution is 2.29. The Morgan fingerprint density at radius 3 is 2.92 bits per heavy atom. The van der Waals surface area contributed by atoms with Crippen LogP contribution in [0.3, 0.4) is 0 Å². The Bertz CT molecular complexity index is 719. The van der Waals surface area contributed by atoms with Crippen LogP contribution < -0.4 is 15.7 Å².